The molecule has 0 spiro atoms. The SMILES string of the molecule is N#Cc1ccccc1S(=O)(=O)N1CCN(Cn2nc3ccccn3c2=S)CC1. The molecule has 2 aromatic heterocycles. The molecule has 10 heteroatoms. The smallest absolute Gasteiger partial charge is 0.244 e. The molecule has 3 heterocycles. The lowest BCUT2D eigenvalue weighted by Gasteiger charge is -2.33. The van der Waals surface area contributed by atoms with E-state index in [4.69, 9.17) is 12.2 Å². The van der Waals surface area contributed by atoms with Crippen LogP contribution in [0.2, 0.25) is 0 Å². The van der Waals surface area contributed by atoms with Gasteiger partial charge in [0, 0.05) is 32.4 Å². The summed E-state index contributed by atoms with van der Waals surface area (Å²) in [4.78, 5) is 2.18. The summed E-state index contributed by atoms with van der Waals surface area (Å²) in [5.41, 5.74) is 0.947. The molecule has 0 unspecified atom stereocenters. The summed E-state index contributed by atoms with van der Waals surface area (Å²) in [6.45, 7) is 2.32. The zero-order chi connectivity index (χ0) is 19.7. The molecule has 0 radical (unpaired) electrons. The molecule has 1 aliphatic heterocycles. The van der Waals surface area contributed by atoms with Crippen molar-refractivity contribution >= 4 is 27.9 Å². The number of sulfonamides is 1. The average molecular weight is 415 g/mol. The summed E-state index contributed by atoms with van der Waals surface area (Å²) >= 11 is 5.47. The number of hydrogen-bond acceptors (Lipinski definition) is 6. The van der Waals surface area contributed by atoms with Crippen LogP contribution < -0.4 is 0 Å². The van der Waals surface area contributed by atoms with E-state index in [1.165, 1.54) is 16.4 Å². The van der Waals surface area contributed by atoms with Gasteiger partial charge in [0.25, 0.3) is 0 Å². The minimum absolute atomic E-state index is 0.0634. The average Bonchev–Trinajstić information content (AvgIpc) is 3.04. The Kier molecular flexibility index (Phi) is 4.99. The van der Waals surface area contributed by atoms with Gasteiger partial charge in [-0.05, 0) is 36.5 Å². The van der Waals surface area contributed by atoms with E-state index in [0.29, 0.717) is 37.6 Å². The van der Waals surface area contributed by atoms with E-state index < -0.39 is 10.0 Å². The van der Waals surface area contributed by atoms with E-state index in [2.05, 4.69) is 10.00 Å². The standard InChI is InChI=1S/C18H18N6O2S2/c19-13-15-5-1-2-6-16(15)28(25,26)22-11-9-21(10-12-22)14-24-18(27)23-8-4-3-7-17(23)20-24/h1-8H,9-12,14H2. The van der Waals surface area contributed by atoms with Crippen molar-refractivity contribution in [2.75, 3.05) is 26.2 Å². The first-order valence-electron chi connectivity index (χ1n) is 8.76. The number of rotatable bonds is 4. The lowest BCUT2D eigenvalue weighted by Crippen LogP contribution is -2.49. The summed E-state index contributed by atoms with van der Waals surface area (Å²) in [7, 11) is -3.69. The second kappa shape index (κ2) is 7.44. The van der Waals surface area contributed by atoms with E-state index in [9.17, 15) is 13.7 Å². The van der Waals surface area contributed by atoms with Gasteiger partial charge >= 0.3 is 0 Å². The van der Waals surface area contributed by atoms with Gasteiger partial charge in [-0.15, -0.1) is 0 Å². The quantitative estimate of drug-likeness (QED) is 0.604. The van der Waals surface area contributed by atoms with E-state index >= 15 is 0 Å². The van der Waals surface area contributed by atoms with Gasteiger partial charge in [-0.1, -0.05) is 18.2 Å². The molecular formula is C18H18N6O2S2. The van der Waals surface area contributed by atoms with Crippen molar-refractivity contribution in [3.05, 3.63) is 59.0 Å². The molecule has 3 aromatic rings. The highest BCUT2D eigenvalue weighted by Gasteiger charge is 2.30. The first kappa shape index (κ1) is 18.8. The van der Waals surface area contributed by atoms with Crippen LogP contribution in [0.4, 0.5) is 0 Å². The van der Waals surface area contributed by atoms with Gasteiger partial charge in [-0.25, -0.2) is 13.1 Å². The molecule has 144 valence electrons. The number of pyridine rings is 1. The van der Waals surface area contributed by atoms with Crippen LogP contribution in [-0.2, 0) is 16.7 Å². The number of fused-ring (bicyclic) bond motifs is 1. The largest absolute Gasteiger partial charge is 0.282 e. The van der Waals surface area contributed by atoms with Gasteiger partial charge in [0.05, 0.1) is 17.1 Å². The van der Waals surface area contributed by atoms with E-state index in [1.807, 2.05) is 34.9 Å². The molecule has 0 bridgehead atoms. The second-order valence-electron chi connectivity index (χ2n) is 6.48. The molecule has 1 aliphatic rings. The van der Waals surface area contributed by atoms with Crippen LogP contribution in [0.1, 0.15) is 5.56 Å². The fourth-order valence-electron chi connectivity index (χ4n) is 3.28. The summed E-state index contributed by atoms with van der Waals surface area (Å²) in [6, 6.07) is 14.0. The first-order chi connectivity index (χ1) is 13.5. The summed E-state index contributed by atoms with van der Waals surface area (Å²) in [5, 5.41) is 13.7. The van der Waals surface area contributed by atoms with Crippen molar-refractivity contribution < 1.29 is 8.42 Å². The third-order valence-electron chi connectivity index (χ3n) is 4.78. The van der Waals surface area contributed by atoms with Gasteiger partial charge in [0.15, 0.2) is 5.65 Å². The number of nitrogens with zero attached hydrogens (tertiary/aromatic N) is 6. The molecule has 0 aliphatic carbocycles. The van der Waals surface area contributed by atoms with Crippen LogP contribution >= 0.6 is 12.2 Å². The number of hydrogen-bond donors (Lipinski definition) is 0. The van der Waals surface area contributed by atoms with Crippen LogP contribution in [-0.4, -0.2) is 58.0 Å². The molecule has 1 saturated heterocycles. The van der Waals surface area contributed by atoms with Crippen LogP contribution in [0.3, 0.4) is 0 Å². The highest BCUT2D eigenvalue weighted by Crippen LogP contribution is 2.21. The van der Waals surface area contributed by atoms with Crippen molar-refractivity contribution in [2.24, 2.45) is 0 Å². The molecule has 1 aromatic carbocycles. The topological polar surface area (TPSA) is 86.6 Å². The Morgan fingerprint density at radius 1 is 1.07 bits per heavy atom. The summed E-state index contributed by atoms with van der Waals surface area (Å²) in [5.74, 6) is 0. The van der Waals surface area contributed by atoms with E-state index in [1.54, 1.807) is 16.8 Å². The van der Waals surface area contributed by atoms with Gasteiger partial charge in [-0.3, -0.25) is 9.30 Å². The van der Waals surface area contributed by atoms with Crippen molar-refractivity contribution in [1.29, 1.82) is 5.26 Å². The first-order valence-corrected chi connectivity index (χ1v) is 10.6. The fourth-order valence-corrected chi connectivity index (χ4v) is 5.10. The molecule has 0 saturated carbocycles. The molecule has 1 fully saturated rings. The fraction of sp³-hybridized carbons (Fsp3) is 0.278. The van der Waals surface area contributed by atoms with Crippen molar-refractivity contribution in [2.45, 2.75) is 11.6 Å². The molecule has 8 nitrogen and oxygen atoms in total. The van der Waals surface area contributed by atoms with E-state index in [-0.39, 0.29) is 10.5 Å². The Morgan fingerprint density at radius 2 is 1.79 bits per heavy atom. The Morgan fingerprint density at radius 3 is 2.50 bits per heavy atom. The Bertz CT molecular complexity index is 1220. The zero-order valence-electron chi connectivity index (χ0n) is 15.0. The summed E-state index contributed by atoms with van der Waals surface area (Å²) in [6.07, 6.45) is 1.87. The van der Waals surface area contributed by atoms with Crippen molar-refractivity contribution in [1.82, 2.24) is 23.4 Å². The highest BCUT2D eigenvalue weighted by atomic mass is 32.2. The monoisotopic (exact) mass is 414 g/mol. The highest BCUT2D eigenvalue weighted by molar-refractivity contribution is 7.89. The van der Waals surface area contributed by atoms with E-state index in [0.717, 1.165) is 5.65 Å². The Hall–Kier alpha value is -2.58. The third kappa shape index (κ3) is 3.33. The summed E-state index contributed by atoms with van der Waals surface area (Å²) < 4.78 is 31.5. The maximum atomic E-state index is 12.9. The molecule has 0 amide bonds. The van der Waals surface area contributed by atoms with Gasteiger partial charge < -0.3 is 0 Å². The van der Waals surface area contributed by atoms with Gasteiger partial charge in [0.1, 0.15) is 6.07 Å². The van der Waals surface area contributed by atoms with Gasteiger partial charge in [0.2, 0.25) is 14.8 Å². The van der Waals surface area contributed by atoms with Crippen LogP contribution in [0.25, 0.3) is 5.65 Å². The van der Waals surface area contributed by atoms with Crippen LogP contribution in [0.15, 0.2) is 53.6 Å². The second-order valence-corrected chi connectivity index (χ2v) is 8.75. The Labute approximate surface area is 167 Å². The minimum Gasteiger partial charge on any atom is -0.282 e. The maximum absolute atomic E-state index is 12.9. The molecule has 28 heavy (non-hydrogen) atoms. The number of aromatic nitrogens is 3. The predicted molar refractivity (Wildman–Crippen MR) is 106 cm³/mol. The normalized spacial score (nSPS) is 16.2. The predicted octanol–water partition coefficient (Wildman–Crippen LogP) is 1.70. The lowest BCUT2D eigenvalue weighted by molar-refractivity contribution is 0.145. The van der Waals surface area contributed by atoms with Crippen molar-refractivity contribution in [3.63, 3.8) is 0 Å². The zero-order valence-corrected chi connectivity index (χ0v) is 16.6. The minimum atomic E-state index is -3.69. The van der Waals surface area contributed by atoms with Crippen molar-refractivity contribution in [3.8, 4) is 6.07 Å². The molecule has 4 rings (SSSR count). The number of nitriles is 1. The molecule has 0 atom stereocenters. The third-order valence-corrected chi connectivity index (χ3v) is 7.14. The Balaban J connectivity index is 1.48. The lowest BCUT2D eigenvalue weighted by atomic mass is 10.2. The molecular weight excluding hydrogens is 396 g/mol. The number of piperazine rings is 1. The molecule has 0 N–H and O–H groups in total. The van der Waals surface area contributed by atoms with Crippen LogP contribution in [0, 0.1) is 16.1 Å². The van der Waals surface area contributed by atoms with Gasteiger partial charge in [-0.2, -0.15) is 14.7 Å². The number of benzene rings is 1. The van der Waals surface area contributed by atoms with Crippen LogP contribution in [0.5, 0.6) is 0 Å². The maximum Gasteiger partial charge on any atom is 0.244 e.